The Hall–Kier alpha value is -1.59. The zero-order chi connectivity index (χ0) is 17.7. The molecule has 1 saturated heterocycles. The second-order valence-corrected chi connectivity index (χ2v) is 7.23. The first kappa shape index (κ1) is 18.7. The number of carbonyl (C=O) groups is 2. The van der Waals surface area contributed by atoms with Gasteiger partial charge in [0.1, 0.15) is 6.04 Å². The molecule has 1 aliphatic rings. The minimum Gasteiger partial charge on any atom is -0.340 e. The molecular formula is C18H26ClN3O2. The van der Waals surface area contributed by atoms with Crippen molar-refractivity contribution in [1.29, 1.82) is 0 Å². The van der Waals surface area contributed by atoms with E-state index in [0.717, 1.165) is 13.1 Å². The van der Waals surface area contributed by atoms with Crippen LogP contribution in [0.25, 0.3) is 0 Å². The predicted molar refractivity (Wildman–Crippen MR) is 96.2 cm³/mol. The molecule has 0 spiro atoms. The second kappa shape index (κ2) is 8.49. The molecule has 24 heavy (non-hydrogen) atoms. The van der Waals surface area contributed by atoms with E-state index in [4.69, 9.17) is 11.6 Å². The zero-order valence-electron chi connectivity index (χ0n) is 14.6. The van der Waals surface area contributed by atoms with E-state index in [1.807, 2.05) is 11.9 Å². The first-order chi connectivity index (χ1) is 11.4. The van der Waals surface area contributed by atoms with Crippen LogP contribution < -0.4 is 5.32 Å². The van der Waals surface area contributed by atoms with Crippen LogP contribution in [0.15, 0.2) is 24.3 Å². The number of benzene rings is 1. The largest absolute Gasteiger partial charge is 0.340 e. The molecule has 1 atom stereocenters. The normalized spacial score (nSPS) is 17.0. The van der Waals surface area contributed by atoms with Crippen molar-refractivity contribution in [3.63, 3.8) is 0 Å². The molecular weight excluding hydrogens is 326 g/mol. The smallest absolute Gasteiger partial charge is 0.251 e. The monoisotopic (exact) mass is 351 g/mol. The Kier molecular flexibility index (Phi) is 6.63. The van der Waals surface area contributed by atoms with E-state index in [0.29, 0.717) is 36.0 Å². The molecule has 5 nitrogen and oxygen atoms in total. The van der Waals surface area contributed by atoms with E-state index in [2.05, 4.69) is 24.1 Å². The third-order valence-electron chi connectivity index (χ3n) is 4.21. The van der Waals surface area contributed by atoms with Gasteiger partial charge in [-0.15, -0.1) is 0 Å². The van der Waals surface area contributed by atoms with Crippen LogP contribution in [0.1, 0.15) is 30.6 Å². The van der Waals surface area contributed by atoms with Gasteiger partial charge >= 0.3 is 0 Å². The van der Waals surface area contributed by atoms with Gasteiger partial charge in [0.25, 0.3) is 5.91 Å². The van der Waals surface area contributed by atoms with Crippen LogP contribution in [0.4, 0.5) is 0 Å². The Balaban J connectivity index is 2.07. The lowest BCUT2D eigenvalue weighted by molar-refractivity contribution is -0.135. The Labute approximate surface area is 149 Å². The van der Waals surface area contributed by atoms with Gasteiger partial charge in [-0.05, 0) is 37.6 Å². The molecule has 1 aliphatic heterocycles. The lowest BCUT2D eigenvalue weighted by atomic mass is 10.0. The summed E-state index contributed by atoms with van der Waals surface area (Å²) in [6, 6.07) is 6.27. The fourth-order valence-electron chi connectivity index (χ4n) is 2.81. The average Bonchev–Trinajstić information content (AvgIpc) is 2.54. The van der Waals surface area contributed by atoms with Crippen LogP contribution in [-0.2, 0) is 4.79 Å². The van der Waals surface area contributed by atoms with E-state index in [1.54, 1.807) is 24.3 Å². The van der Waals surface area contributed by atoms with Gasteiger partial charge in [0.2, 0.25) is 5.91 Å². The maximum atomic E-state index is 12.8. The Morgan fingerprint density at radius 3 is 2.46 bits per heavy atom. The Morgan fingerprint density at radius 1 is 1.21 bits per heavy atom. The summed E-state index contributed by atoms with van der Waals surface area (Å²) >= 11 is 5.95. The minimum absolute atomic E-state index is 0.00665. The van der Waals surface area contributed by atoms with Crippen molar-refractivity contribution >= 4 is 23.4 Å². The van der Waals surface area contributed by atoms with E-state index in [9.17, 15) is 9.59 Å². The number of hydrogen-bond acceptors (Lipinski definition) is 3. The van der Waals surface area contributed by atoms with Gasteiger partial charge < -0.3 is 15.1 Å². The predicted octanol–water partition coefficient (Wildman–Crippen LogP) is 2.26. The highest BCUT2D eigenvalue weighted by Gasteiger charge is 2.28. The lowest BCUT2D eigenvalue weighted by Gasteiger charge is -2.35. The van der Waals surface area contributed by atoms with E-state index in [-0.39, 0.29) is 11.8 Å². The average molecular weight is 352 g/mol. The molecule has 0 bridgehead atoms. The molecule has 132 valence electrons. The van der Waals surface area contributed by atoms with Crippen LogP contribution >= 0.6 is 11.6 Å². The van der Waals surface area contributed by atoms with Crippen LogP contribution in [0.2, 0.25) is 5.02 Å². The molecule has 0 radical (unpaired) electrons. The SMILES string of the molecule is CC(C)C[C@@H](NC(=O)c1cccc(Cl)c1)C(=O)N1CCN(C)CC1. The Bertz CT molecular complexity index is 583. The third-order valence-corrected chi connectivity index (χ3v) is 4.45. The third kappa shape index (κ3) is 5.21. The summed E-state index contributed by atoms with van der Waals surface area (Å²) < 4.78 is 0. The van der Waals surface area contributed by atoms with Gasteiger partial charge in [-0.2, -0.15) is 0 Å². The fourth-order valence-corrected chi connectivity index (χ4v) is 3.00. The molecule has 2 amide bonds. The molecule has 0 aromatic heterocycles. The standard InChI is InChI=1S/C18H26ClN3O2/c1-13(2)11-16(18(24)22-9-7-21(3)8-10-22)20-17(23)14-5-4-6-15(19)12-14/h4-6,12-13,16H,7-11H2,1-3H3,(H,20,23)/t16-/m1/s1. The maximum absolute atomic E-state index is 12.8. The van der Waals surface area contributed by atoms with Crippen LogP contribution in [0.5, 0.6) is 0 Å². The van der Waals surface area contributed by atoms with Gasteiger partial charge in [-0.25, -0.2) is 0 Å². The summed E-state index contributed by atoms with van der Waals surface area (Å²) in [5.41, 5.74) is 0.474. The Morgan fingerprint density at radius 2 is 1.88 bits per heavy atom. The highest BCUT2D eigenvalue weighted by Crippen LogP contribution is 2.13. The van der Waals surface area contributed by atoms with Crippen LogP contribution in [-0.4, -0.2) is 60.9 Å². The summed E-state index contributed by atoms with van der Waals surface area (Å²) in [5, 5.41) is 3.41. The molecule has 0 aliphatic carbocycles. The van der Waals surface area contributed by atoms with Gasteiger partial charge in [-0.3, -0.25) is 9.59 Å². The van der Waals surface area contributed by atoms with E-state index in [1.165, 1.54) is 0 Å². The summed E-state index contributed by atoms with van der Waals surface area (Å²) in [6.45, 7) is 7.24. The molecule has 2 rings (SSSR count). The second-order valence-electron chi connectivity index (χ2n) is 6.79. The lowest BCUT2D eigenvalue weighted by Crippen LogP contribution is -2.54. The fraction of sp³-hybridized carbons (Fsp3) is 0.556. The van der Waals surface area contributed by atoms with Crippen molar-refractivity contribution in [3.05, 3.63) is 34.9 Å². The van der Waals surface area contributed by atoms with Crippen molar-refractivity contribution < 1.29 is 9.59 Å². The summed E-state index contributed by atoms with van der Waals surface area (Å²) in [4.78, 5) is 29.4. The molecule has 0 unspecified atom stereocenters. The number of nitrogens with zero attached hydrogens (tertiary/aromatic N) is 2. The molecule has 1 fully saturated rings. The van der Waals surface area contributed by atoms with Crippen molar-refractivity contribution in [1.82, 2.24) is 15.1 Å². The van der Waals surface area contributed by atoms with Crippen molar-refractivity contribution in [2.24, 2.45) is 5.92 Å². The number of piperazine rings is 1. The number of rotatable bonds is 5. The topological polar surface area (TPSA) is 52.7 Å². The number of hydrogen-bond donors (Lipinski definition) is 1. The van der Waals surface area contributed by atoms with Gasteiger partial charge in [0.05, 0.1) is 0 Å². The summed E-state index contributed by atoms with van der Waals surface area (Å²) in [7, 11) is 2.05. The van der Waals surface area contributed by atoms with Crippen molar-refractivity contribution in [2.45, 2.75) is 26.3 Å². The van der Waals surface area contributed by atoms with Crippen LogP contribution in [0, 0.1) is 5.92 Å². The van der Waals surface area contributed by atoms with Crippen LogP contribution in [0.3, 0.4) is 0 Å². The molecule has 1 heterocycles. The molecule has 1 N–H and O–H groups in total. The number of nitrogens with one attached hydrogen (secondary N) is 1. The number of carbonyl (C=O) groups excluding carboxylic acids is 2. The van der Waals surface area contributed by atoms with E-state index >= 15 is 0 Å². The van der Waals surface area contributed by atoms with E-state index < -0.39 is 6.04 Å². The first-order valence-electron chi connectivity index (χ1n) is 8.40. The molecule has 6 heteroatoms. The highest BCUT2D eigenvalue weighted by atomic mass is 35.5. The number of halogens is 1. The number of likely N-dealkylation sites (N-methyl/N-ethyl adjacent to an activating group) is 1. The minimum atomic E-state index is -0.500. The highest BCUT2D eigenvalue weighted by molar-refractivity contribution is 6.31. The van der Waals surface area contributed by atoms with Gasteiger partial charge in [0, 0.05) is 36.8 Å². The number of amides is 2. The van der Waals surface area contributed by atoms with Crippen molar-refractivity contribution in [2.75, 3.05) is 33.2 Å². The maximum Gasteiger partial charge on any atom is 0.251 e. The van der Waals surface area contributed by atoms with Gasteiger partial charge in [0.15, 0.2) is 0 Å². The summed E-state index contributed by atoms with van der Waals surface area (Å²) in [6.07, 6.45) is 0.622. The van der Waals surface area contributed by atoms with Crippen molar-refractivity contribution in [3.8, 4) is 0 Å². The molecule has 1 aromatic carbocycles. The quantitative estimate of drug-likeness (QED) is 0.885. The van der Waals surface area contributed by atoms with Gasteiger partial charge in [-0.1, -0.05) is 31.5 Å². The molecule has 1 aromatic rings. The summed E-state index contributed by atoms with van der Waals surface area (Å²) in [5.74, 6) is 0.0591. The first-order valence-corrected chi connectivity index (χ1v) is 8.78. The molecule has 0 saturated carbocycles. The zero-order valence-corrected chi connectivity index (χ0v) is 15.3.